The Morgan fingerprint density at radius 1 is 1.20 bits per heavy atom. The Morgan fingerprint density at radius 2 is 1.90 bits per heavy atom. The summed E-state index contributed by atoms with van der Waals surface area (Å²) in [5.41, 5.74) is 1.11. The summed E-state index contributed by atoms with van der Waals surface area (Å²) in [5.74, 6) is -0.681. The lowest BCUT2D eigenvalue weighted by molar-refractivity contribution is -0.111. The van der Waals surface area contributed by atoms with Gasteiger partial charge in [0.05, 0.1) is 10.7 Å². The number of phenols is 1. The second-order valence-electron chi connectivity index (χ2n) is 4.04. The zero-order valence-electron chi connectivity index (χ0n) is 10.3. The normalized spacial score (nSPS) is 10.7. The van der Waals surface area contributed by atoms with Gasteiger partial charge in [0.15, 0.2) is 0 Å². The molecule has 0 aliphatic carbocycles. The van der Waals surface area contributed by atoms with E-state index in [1.807, 2.05) is 0 Å². The molecule has 0 heterocycles. The number of carbonyl (C=O) groups excluding carboxylic acids is 1. The molecule has 0 unspecified atom stereocenters. The minimum absolute atomic E-state index is 0.0230. The maximum Gasteiger partial charge on any atom is 0.248 e. The highest BCUT2D eigenvalue weighted by atomic mass is 35.5. The van der Waals surface area contributed by atoms with E-state index in [0.717, 1.165) is 0 Å². The van der Waals surface area contributed by atoms with Gasteiger partial charge < -0.3 is 10.4 Å². The van der Waals surface area contributed by atoms with E-state index in [0.29, 0.717) is 11.3 Å². The van der Waals surface area contributed by atoms with Crippen molar-refractivity contribution in [3.05, 3.63) is 64.9 Å². The average Bonchev–Trinajstić information content (AvgIpc) is 2.41. The average molecular weight is 292 g/mol. The third kappa shape index (κ3) is 3.83. The third-order valence-electron chi connectivity index (χ3n) is 2.51. The van der Waals surface area contributed by atoms with Crippen LogP contribution in [0, 0.1) is 5.82 Å². The molecule has 0 aliphatic heterocycles. The molecule has 0 saturated heterocycles. The zero-order chi connectivity index (χ0) is 14.5. The fraction of sp³-hybridized carbons (Fsp3) is 0. The number of anilines is 1. The SMILES string of the molecule is O=C(C=Cc1ccc(F)cc1)Nc1ccc(O)cc1Cl. The summed E-state index contributed by atoms with van der Waals surface area (Å²) in [7, 11) is 0. The van der Waals surface area contributed by atoms with Crippen LogP contribution in [0.4, 0.5) is 10.1 Å². The van der Waals surface area contributed by atoms with Gasteiger partial charge in [-0.2, -0.15) is 0 Å². The van der Waals surface area contributed by atoms with Crippen LogP contribution < -0.4 is 5.32 Å². The number of amides is 1. The van der Waals surface area contributed by atoms with Gasteiger partial charge >= 0.3 is 0 Å². The Morgan fingerprint density at radius 3 is 2.55 bits per heavy atom. The van der Waals surface area contributed by atoms with Crippen LogP contribution >= 0.6 is 11.6 Å². The maximum atomic E-state index is 12.7. The van der Waals surface area contributed by atoms with E-state index in [-0.39, 0.29) is 22.5 Å². The van der Waals surface area contributed by atoms with E-state index in [4.69, 9.17) is 11.6 Å². The van der Waals surface area contributed by atoms with Gasteiger partial charge in [0.1, 0.15) is 11.6 Å². The van der Waals surface area contributed by atoms with Crippen molar-refractivity contribution in [2.45, 2.75) is 0 Å². The molecule has 0 spiro atoms. The molecule has 20 heavy (non-hydrogen) atoms. The van der Waals surface area contributed by atoms with Gasteiger partial charge in [-0.3, -0.25) is 4.79 Å². The van der Waals surface area contributed by atoms with Crippen LogP contribution in [0.3, 0.4) is 0 Å². The molecular weight excluding hydrogens is 281 g/mol. The number of hydrogen-bond acceptors (Lipinski definition) is 2. The number of rotatable bonds is 3. The first-order valence-electron chi connectivity index (χ1n) is 5.78. The number of nitrogens with one attached hydrogen (secondary N) is 1. The smallest absolute Gasteiger partial charge is 0.248 e. The molecule has 2 aromatic rings. The van der Waals surface area contributed by atoms with Crippen LogP contribution in [0.5, 0.6) is 5.75 Å². The molecule has 5 heteroatoms. The van der Waals surface area contributed by atoms with Gasteiger partial charge in [0.25, 0.3) is 0 Å². The summed E-state index contributed by atoms with van der Waals surface area (Å²) < 4.78 is 12.7. The monoisotopic (exact) mass is 291 g/mol. The first-order valence-corrected chi connectivity index (χ1v) is 6.15. The van der Waals surface area contributed by atoms with Crippen molar-refractivity contribution in [1.29, 1.82) is 0 Å². The predicted octanol–water partition coefficient (Wildman–Crippen LogP) is 3.84. The quantitative estimate of drug-likeness (QED) is 0.667. The topological polar surface area (TPSA) is 49.3 Å². The Balaban J connectivity index is 2.03. The zero-order valence-corrected chi connectivity index (χ0v) is 11.1. The fourth-order valence-corrected chi connectivity index (χ4v) is 1.75. The number of carbonyl (C=O) groups is 1. The summed E-state index contributed by atoms with van der Waals surface area (Å²) in [6.45, 7) is 0. The Labute approximate surface area is 120 Å². The standard InChI is InChI=1S/C15H11ClFNO2/c16-13-9-12(19)6-7-14(13)18-15(20)8-3-10-1-4-11(17)5-2-10/h1-9,19H,(H,18,20). The lowest BCUT2D eigenvalue weighted by Gasteiger charge is -2.04. The van der Waals surface area contributed by atoms with Gasteiger partial charge in [-0.1, -0.05) is 23.7 Å². The largest absolute Gasteiger partial charge is 0.508 e. The highest BCUT2D eigenvalue weighted by Gasteiger charge is 2.03. The molecule has 0 fully saturated rings. The fourth-order valence-electron chi connectivity index (χ4n) is 1.53. The molecule has 2 aromatic carbocycles. The number of aromatic hydroxyl groups is 1. The minimum Gasteiger partial charge on any atom is -0.508 e. The van der Waals surface area contributed by atoms with Gasteiger partial charge in [0, 0.05) is 12.1 Å². The molecule has 2 rings (SSSR count). The molecule has 0 atom stereocenters. The van der Waals surface area contributed by atoms with Crippen LogP contribution in [-0.2, 0) is 4.79 Å². The number of phenolic OH excluding ortho intramolecular Hbond substituents is 1. The summed E-state index contributed by atoms with van der Waals surface area (Å²) in [6.07, 6.45) is 2.87. The van der Waals surface area contributed by atoms with Crippen LogP contribution in [-0.4, -0.2) is 11.0 Å². The first kappa shape index (κ1) is 14.1. The van der Waals surface area contributed by atoms with E-state index in [1.165, 1.54) is 36.4 Å². The van der Waals surface area contributed by atoms with Crippen molar-refractivity contribution >= 4 is 29.3 Å². The van der Waals surface area contributed by atoms with Crippen LogP contribution in [0.1, 0.15) is 5.56 Å². The second-order valence-corrected chi connectivity index (χ2v) is 4.45. The van der Waals surface area contributed by atoms with Crippen LogP contribution in [0.25, 0.3) is 6.08 Å². The lowest BCUT2D eigenvalue weighted by Crippen LogP contribution is -2.07. The van der Waals surface area contributed by atoms with Crippen molar-refractivity contribution in [1.82, 2.24) is 0 Å². The molecule has 2 N–H and O–H groups in total. The molecule has 3 nitrogen and oxygen atoms in total. The van der Waals surface area contributed by atoms with Crippen molar-refractivity contribution in [3.63, 3.8) is 0 Å². The van der Waals surface area contributed by atoms with E-state index < -0.39 is 0 Å². The van der Waals surface area contributed by atoms with E-state index in [9.17, 15) is 14.3 Å². The Kier molecular flexibility index (Phi) is 4.38. The lowest BCUT2D eigenvalue weighted by atomic mass is 10.2. The number of benzene rings is 2. The summed E-state index contributed by atoms with van der Waals surface area (Å²) >= 11 is 5.87. The molecule has 1 amide bonds. The highest BCUT2D eigenvalue weighted by molar-refractivity contribution is 6.34. The molecule has 0 aromatic heterocycles. The number of halogens is 2. The predicted molar refractivity (Wildman–Crippen MR) is 77.2 cm³/mol. The second kappa shape index (κ2) is 6.21. The highest BCUT2D eigenvalue weighted by Crippen LogP contribution is 2.25. The Bertz CT molecular complexity index is 653. The first-order chi connectivity index (χ1) is 9.54. The van der Waals surface area contributed by atoms with Gasteiger partial charge in [-0.15, -0.1) is 0 Å². The Hall–Kier alpha value is -2.33. The number of hydrogen-bond donors (Lipinski definition) is 2. The minimum atomic E-state index is -0.373. The third-order valence-corrected chi connectivity index (χ3v) is 2.82. The van der Waals surface area contributed by atoms with Crippen molar-refractivity contribution in [3.8, 4) is 5.75 Å². The summed E-state index contributed by atoms with van der Waals surface area (Å²) in [5, 5.41) is 12.0. The molecule has 102 valence electrons. The van der Waals surface area contributed by atoms with Crippen LogP contribution in [0.2, 0.25) is 5.02 Å². The molecule has 0 saturated carbocycles. The molecule has 0 bridgehead atoms. The van der Waals surface area contributed by atoms with Crippen molar-refractivity contribution in [2.24, 2.45) is 0 Å². The van der Waals surface area contributed by atoms with Gasteiger partial charge in [-0.05, 0) is 35.9 Å². The maximum absolute atomic E-state index is 12.7. The molecule has 0 radical (unpaired) electrons. The van der Waals surface area contributed by atoms with Gasteiger partial charge in [-0.25, -0.2) is 4.39 Å². The van der Waals surface area contributed by atoms with Crippen molar-refractivity contribution < 1.29 is 14.3 Å². The van der Waals surface area contributed by atoms with Gasteiger partial charge in [0.2, 0.25) is 5.91 Å². The summed E-state index contributed by atoms with van der Waals surface area (Å²) in [6, 6.07) is 10.0. The van der Waals surface area contributed by atoms with E-state index >= 15 is 0 Å². The van der Waals surface area contributed by atoms with Crippen molar-refractivity contribution in [2.75, 3.05) is 5.32 Å². The van der Waals surface area contributed by atoms with E-state index in [1.54, 1.807) is 18.2 Å². The van der Waals surface area contributed by atoms with Crippen LogP contribution in [0.15, 0.2) is 48.5 Å². The molecular formula is C15H11ClFNO2. The molecule has 0 aliphatic rings. The summed E-state index contributed by atoms with van der Waals surface area (Å²) in [4.78, 5) is 11.7. The van der Waals surface area contributed by atoms with E-state index in [2.05, 4.69) is 5.32 Å².